The Morgan fingerprint density at radius 1 is 1.04 bits per heavy atom. The van der Waals surface area contributed by atoms with Crippen molar-refractivity contribution in [1.29, 1.82) is 0 Å². The Kier molecular flexibility index (Phi) is 8.51. The molecular formula is C20H26N4O2S. The van der Waals surface area contributed by atoms with E-state index in [4.69, 9.17) is 0 Å². The van der Waals surface area contributed by atoms with E-state index in [9.17, 15) is 9.00 Å². The van der Waals surface area contributed by atoms with Gasteiger partial charge in [0.15, 0.2) is 5.96 Å². The molecule has 2 aromatic rings. The first-order valence-corrected chi connectivity index (χ1v) is 10.1. The molecule has 0 bridgehead atoms. The van der Waals surface area contributed by atoms with E-state index in [-0.39, 0.29) is 5.91 Å². The zero-order valence-electron chi connectivity index (χ0n) is 15.7. The van der Waals surface area contributed by atoms with Crippen LogP contribution in [0, 0.1) is 0 Å². The number of amides is 1. The van der Waals surface area contributed by atoms with Gasteiger partial charge in [0.25, 0.3) is 5.91 Å². The first kappa shape index (κ1) is 20.6. The number of benzene rings is 2. The highest BCUT2D eigenvalue weighted by Gasteiger charge is 2.05. The standard InChI is InChI=1S/C20H26N4O2S/c1-21-19(25)17-8-6-7-16(15-17)11-12-23-20(22-2)24-13-14-27(26)18-9-4-3-5-10-18/h3-10,15H,11-14H2,1-2H3,(H,21,25)(H2,22,23,24). The maximum absolute atomic E-state index is 12.2. The molecule has 0 spiro atoms. The molecule has 0 heterocycles. The lowest BCUT2D eigenvalue weighted by atomic mass is 10.1. The predicted molar refractivity (Wildman–Crippen MR) is 111 cm³/mol. The molecular weight excluding hydrogens is 360 g/mol. The summed E-state index contributed by atoms with van der Waals surface area (Å²) in [5.41, 5.74) is 1.73. The third-order valence-corrected chi connectivity index (χ3v) is 5.30. The summed E-state index contributed by atoms with van der Waals surface area (Å²) < 4.78 is 12.2. The normalized spacial score (nSPS) is 12.3. The topological polar surface area (TPSA) is 82.6 Å². The molecule has 2 rings (SSSR count). The lowest BCUT2D eigenvalue weighted by Crippen LogP contribution is -2.40. The van der Waals surface area contributed by atoms with Crippen molar-refractivity contribution in [3.05, 3.63) is 65.7 Å². The molecule has 0 radical (unpaired) electrons. The lowest BCUT2D eigenvalue weighted by molar-refractivity contribution is 0.0963. The molecule has 0 aliphatic heterocycles. The fourth-order valence-corrected chi connectivity index (χ4v) is 3.49. The zero-order valence-corrected chi connectivity index (χ0v) is 16.5. The molecule has 0 saturated carbocycles. The molecule has 3 N–H and O–H groups in total. The SMILES string of the molecule is CN=C(NCCc1cccc(C(=O)NC)c1)NCCS(=O)c1ccccc1. The van der Waals surface area contributed by atoms with Crippen LogP contribution in [-0.2, 0) is 17.2 Å². The third-order valence-electron chi connectivity index (χ3n) is 3.93. The van der Waals surface area contributed by atoms with Crippen molar-refractivity contribution < 1.29 is 9.00 Å². The summed E-state index contributed by atoms with van der Waals surface area (Å²) in [6, 6.07) is 17.0. The van der Waals surface area contributed by atoms with E-state index >= 15 is 0 Å². The third kappa shape index (κ3) is 6.86. The largest absolute Gasteiger partial charge is 0.356 e. The minimum atomic E-state index is -1.03. The number of carbonyl (C=O) groups is 1. The van der Waals surface area contributed by atoms with E-state index in [1.165, 1.54) is 0 Å². The number of aliphatic imine (C=N–C) groups is 1. The molecule has 1 atom stereocenters. The van der Waals surface area contributed by atoms with Crippen LogP contribution < -0.4 is 16.0 Å². The van der Waals surface area contributed by atoms with Gasteiger partial charge in [-0.25, -0.2) is 0 Å². The number of nitrogens with one attached hydrogen (secondary N) is 3. The molecule has 7 heteroatoms. The van der Waals surface area contributed by atoms with Crippen molar-refractivity contribution >= 4 is 22.7 Å². The summed E-state index contributed by atoms with van der Waals surface area (Å²) in [6.07, 6.45) is 0.765. The second-order valence-corrected chi connectivity index (χ2v) is 7.39. The highest BCUT2D eigenvalue weighted by Crippen LogP contribution is 2.06. The van der Waals surface area contributed by atoms with Crippen molar-refractivity contribution in [2.45, 2.75) is 11.3 Å². The molecule has 1 amide bonds. The molecule has 0 saturated heterocycles. The van der Waals surface area contributed by atoms with Crippen LogP contribution in [0.3, 0.4) is 0 Å². The lowest BCUT2D eigenvalue weighted by Gasteiger charge is -2.12. The van der Waals surface area contributed by atoms with E-state index < -0.39 is 10.8 Å². The summed E-state index contributed by atoms with van der Waals surface area (Å²) in [7, 11) is 2.30. The van der Waals surface area contributed by atoms with Gasteiger partial charge in [0.05, 0.1) is 10.8 Å². The van der Waals surface area contributed by atoms with Gasteiger partial charge in [-0.15, -0.1) is 0 Å². The van der Waals surface area contributed by atoms with Crippen LogP contribution in [0.1, 0.15) is 15.9 Å². The van der Waals surface area contributed by atoms with Crippen LogP contribution in [0.2, 0.25) is 0 Å². The fraction of sp³-hybridized carbons (Fsp3) is 0.300. The number of hydrogen-bond donors (Lipinski definition) is 3. The first-order chi connectivity index (χ1) is 13.1. The number of guanidine groups is 1. The monoisotopic (exact) mass is 386 g/mol. The number of nitrogens with zero attached hydrogens (tertiary/aromatic N) is 1. The summed E-state index contributed by atoms with van der Waals surface area (Å²) in [4.78, 5) is 16.7. The van der Waals surface area contributed by atoms with Crippen molar-refractivity contribution in [2.24, 2.45) is 4.99 Å². The Balaban J connectivity index is 1.74. The quantitative estimate of drug-likeness (QED) is 0.475. The van der Waals surface area contributed by atoms with Crippen molar-refractivity contribution in [1.82, 2.24) is 16.0 Å². The Bertz CT molecular complexity index is 794. The van der Waals surface area contributed by atoms with Gasteiger partial charge in [-0.3, -0.25) is 14.0 Å². The minimum absolute atomic E-state index is 0.0892. The molecule has 6 nitrogen and oxygen atoms in total. The molecule has 1 unspecified atom stereocenters. The molecule has 2 aromatic carbocycles. The zero-order chi connectivity index (χ0) is 19.5. The Hall–Kier alpha value is -2.67. The molecule has 0 aromatic heterocycles. The van der Waals surface area contributed by atoms with Gasteiger partial charge in [-0.05, 0) is 36.2 Å². The van der Waals surface area contributed by atoms with Crippen LogP contribution >= 0.6 is 0 Å². The smallest absolute Gasteiger partial charge is 0.251 e. The van der Waals surface area contributed by atoms with E-state index in [1.807, 2.05) is 48.5 Å². The van der Waals surface area contributed by atoms with Crippen molar-refractivity contribution in [3.8, 4) is 0 Å². The van der Waals surface area contributed by atoms with Crippen molar-refractivity contribution in [2.75, 3.05) is 32.9 Å². The van der Waals surface area contributed by atoms with Crippen LogP contribution in [0.25, 0.3) is 0 Å². The van der Waals surface area contributed by atoms with Crippen molar-refractivity contribution in [3.63, 3.8) is 0 Å². The molecule has 144 valence electrons. The van der Waals surface area contributed by atoms with E-state index in [0.29, 0.717) is 30.4 Å². The highest BCUT2D eigenvalue weighted by molar-refractivity contribution is 7.85. The van der Waals surface area contributed by atoms with Crippen LogP contribution in [0.5, 0.6) is 0 Å². The average molecular weight is 387 g/mol. The first-order valence-electron chi connectivity index (χ1n) is 8.83. The van der Waals surface area contributed by atoms with Gasteiger partial charge in [0, 0.05) is 43.4 Å². The maximum Gasteiger partial charge on any atom is 0.251 e. The van der Waals surface area contributed by atoms with E-state index in [1.54, 1.807) is 20.2 Å². The fourth-order valence-electron chi connectivity index (χ4n) is 2.51. The van der Waals surface area contributed by atoms with Gasteiger partial charge in [-0.2, -0.15) is 0 Å². The number of hydrogen-bond acceptors (Lipinski definition) is 3. The van der Waals surface area contributed by atoms with Gasteiger partial charge < -0.3 is 16.0 Å². The second kappa shape index (κ2) is 11.1. The van der Waals surface area contributed by atoms with Gasteiger partial charge in [0.1, 0.15) is 0 Å². The van der Waals surface area contributed by atoms with E-state index in [2.05, 4.69) is 20.9 Å². The predicted octanol–water partition coefficient (Wildman–Crippen LogP) is 1.56. The number of rotatable bonds is 8. The summed E-state index contributed by atoms with van der Waals surface area (Å²) in [5, 5.41) is 9.04. The molecule has 0 fully saturated rings. The summed E-state index contributed by atoms with van der Waals surface area (Å²) in [5.74, 6) is 1.09. The van der Waals surface area contributed by atoms with Gasteiger partial charge in [-0.1, -0.05) is 30.3 Å². The van der Waals surface area contributed by atoms with Gasteiger partial charge in [0.2, 0.25) is 0 Å². The van der Waals surface area contributed by atoms with Crippen LogP contribution in [-0.4, -0.2) is 49.0 Å². The Morgan fingerprint density at radius 2 is 1.78 bits per heavy atom. The minimum Gasteiger partial charge on any atom is -0.356 e. The average Bonchev–Trinajstić information content (AvgIpc) is 2.72. The number of carbonyl (C=O) groups excluding carboxylic acids is 1. The molecule has 27 heavy (non-hydrogen) atoms. The van der Waals surface area contributed by atoms with Gasteiger partial charge >= 0.3 is 0 Å². The van der Waals surface area contributed by atoms with E-state index in [0.717, 1.165) is 16.9 Å². The Morgan fingerprint density at radius 3 is 2.48 bits per heavy atom. The summed E-state index contributed by atoms with van der Waals surface area (Å²) >= 11 is 0. The van der Waals surface area contributed by atoms with Crippen LogP contribution in [0.4, 0.5) is 0 Å². The highest BCUT2D eigenvalue weighted by atomic mass is 32.2. The molecule has 0 aliphatic rings. The second-order valence-electron chi connectivity index (χ2n) is 5.82. The Labute approximate surface area is 162 Å². The maximum atomic E-state index is 12.2. The molecule has 0 aliphatic carbocycles. The van der Waals surface area contributed by atoms with Crippen LogP contribution in [0.15, 0.2) is 64.5 Å². The summed E-state index contributed by atoms with van der Waals surface area (Å²) in [6.45, 7) is 1.24.